The predicted molar refractivity (Wildman–Crippen MR) is 83.1 cm³/mol. The van der Waals surface area contributed by atoms with E-state index in [4.69, 9.17) is 0 Å². The fourth-order valence-corrected chi connectivity index (χ4v) is 2.21. The Kier molecular flexibility index (Phi) is 3.60. The largest absolute Gasteiger partial charge is 0.477 e. The minimum absolute atomic E-state index is 0.0236. The number of hydrogen-bond donors (Lipinski definition) is 2. The first-order valence-electron chi connectivity index (χ1n) is 6.70. The van der Waals surface area contributed by atoms with Crippen LogP contribution < -0.4 is 0 Å². The van der Waals surface area contributed by atoms with Crippen molar-refractivity contribution in [2.75, 3.05) is 0 Å². The average Bonchev–Trinajstić information content (AvgIpc) is 3.01. The quantitative estimate of drug-likeness (QED) is 0.567. The highest BCUT2D eigenvalue weighted by molar-refractivity contribution is 5.94. The van der Waals surface area contributed by atoms with Gasteiger partial charge in [-0.25, -0.2) is 9.78 Å². The second kappa shape index (κ2) is 5.72. The number of rotatable bonds is 4. The van der Waals surface area contributed by atoms with Crippen molar-refractivity contribution in [1.29, 1.82) is 0 Å². The van der Waals surface area contributed by atoms with Crippen LogP contribution in [0.5, 0.6) is 0 Å². The summed E-state index contributed by atoms with van der Waals surface area (Å²) in [4.78, 5) is 28.7. The molecule has 0 saturated carbocycles. The number of nitro benzene ring substituents is 1. The first kappa shape index (κ1) is 14.5. The molecule has 0 amide bonds. The molecule has 3 aromatic rings. The Morgan fingerprint density at radius 3 is 2.26 bits per heavy atom. The van der Waals surface area contributed by atoms with Crippen LogP contribution in [0.1, 0.15) is 10.5 Å². The summed E-state index contributed by atoms with van der Waals surface area (Å²) < 4.78 is 0. The summed E-state index contributed by atoms with van der Waals surface area (Å²) in [7, 11) is 0. The molecule has 0 aliphatic rings. The lowest BCUT2D eigenvalue weighted by Gasteiger charge is -1.97. The number of carboxylic acid groups (broad SMARTS) is 1. The number of benzene rings is 2. The Hall–Kier alpha value is -3.48. The van der Waals surface area contributed by atoms with Crippen LogP contribution in [-0.2, 0) is 0 Å². The molecule has 0 saturated heterocycles. The Labute approximate surface area is 130 Å². The third-order valence-electron chi connectivity index (χ3n) is 3.32. The van der Waals surface area contributed by atoms with Crippen molar-refractivity contribution in [1.82, 2.24) is 9.97 Å². The maximum absolute atomic E-state index is 11.4. The molecule has 0 atom stereocenters. The van der Waals surface area contributed by atoms with Crippen LogP contribution >= 0.6 is 0 Å². The van der Waals surface area contributed by atoms with Gasteiger partial charge in [0.15, 0.2) is 5.69 Å². The highest BCUT2D eigenvalue weighted by atomic mass is 16.6. The molecule has 2 N–H and O–H groups in total. The fraction of sp³-hybridized carbons (Fsp3) is 0. The van der Waals surface area contributed by atoms with Gasteiger partial charge >= 0.3 is 5.97 Å². The van der Waals surface area contributed by atoms with Crippen LogP contribution in [0, 0.1) is 10.1 Å². The van der Waals surface area contributed by atoms with Crippen molar-refractivity contribution in [2.45, 2.75) is 0 Å². The third kappa shape index (κ3) is 2.80. The van der Waals surface area contributed by atoms with Crippen LogP contribution in [-0.4, -0.2) is 26.0 Å². The maximum Gasteiger partial charge on any atom is 0.354 e. The molecular formula is C16H11N3O4. The van der Waals surface area contributed by atoms with Crippen LogP contribution in [0.2, 0.25) is 0 Å². The number of nitrogens with one attached hydrogen (secondary N) is 1. The monoisotopic (exact) mass is 309 g/mol. The SMILES string of the molecule is O=C(O)c1[nH]c(-c2ccc([N+](=O)[O-])cc2)nc1-c1ccccc1. The highest BCUT2D eigenvalue weighted by Crippen LogP contribution is 2.27. The van der Waals surface area contributed by atoms with Gasteiger partial charge in [0.1, 0.15) is 11.5 Å². The van der Waals surface area contributed by atoms with Crippen molar-refractivity contribution >= 4 is 11.7 Å². The van der Waals surface area contributed by atoms with Gasteiger partial charge in [-0.3, -0.25) is 10.1 Å². The molecule has 7 nitrogen and oxygen atoms in total. The van der Waals surface area contributed by atoms with Crippen molar-refractivity contribution in [2.24, 2.45) is 0 Å². The third-order valence-corrected chi connectivity index (χ3v) is 3.32. The van der Waals surface area contributed by atoms with E-state index in [0.29, 0.717) is 22.6 Å². The van der Waals surface area contributed by atoms with Gasteiger partial charge in [0.2, 0.25) is 0 Å². The van der Waals surface area contributed by atoms with Gasteiger partial charge in [-0.1, -0.05) is 30.3 Å². The summed E-state index contributed by atoms with van der Waals surface area (Å²) in [6, 6.07) is 14.7. The lowest BCUT2D eigenvalue weighted by atomic mass is 10.1. The van der Waals surface area contributed by atoms with Crippen LogP contribution in [0.15, 0.2) is 54.6 Å². The zero-order chi connectivity index (χ0) is 16.4. The fourth-order valence-electron chi connectivity index (χ4n) is 2.21. The van der Waals surface area contributed by atoms with E-state index in [1.165, 1.54) is 24.3 Å². The average molecular weight is 309 g/mol. The van der Waals surface area contributed by atoms with E-state index in [1.54, 1.807) is 24.3 Å². The number of nitro groups is 1. The Morgan fingerprint density at radius 1 is 1.04 bits per heavy atom. The van der Waals surface area contributed by atoms with E-state index >= 15 is 0 Å². The van der Waals surface area contributed by atoms with Gasteiger partial charge in [-0.05, 0) is 12.1 Å². The van der Waals surface area contributed by atoms with E-state index in [1.807, 2.05) is 6.07 Å². The molecule has 0 radical (unpaired) electrons. The van der Waals surface area contributed by atoms with E-state index in [2.05, 4.69) is 9.97 Å². The molecule has 114 valence electrons. The Morgan fingerprint density at radius 2 is 1.70 bits per heavy atom. The number of nitrogens with zero attached hydrogens (tertiary/aromatic N) is 2. The number of aromatic carboxylic acids is 1. The zero-order valence-electron chi connectivity index (χ0n) is 11.8. The molecule has 0 aliphatic carbocycles. The highest BCUT2D eigenvalue weighted by Gasteiger charge is 2.19. The molecule has 3 rings (SSSR count). The van der Waals surface area contributed by atoms with Crippen molar-refractivity contribution in [3.05, 3.63) is 70.4 Å². The first-order chi connectivity index (χ1) is 11.1. The number of non-ortho nitro benzene ring substituents is 1. The molecule has 1 aromatic heterocycles. The Balaban J connectivity index is 2.07. The van der Waals surface area contributed by atoms with Crippen LogP contribution in [0.25, 0.3) is 22.6 Å². The normalized spacial score (nSPS) is 10.4. The summed E-state index contributed by atoms with van der Waals surface area (Å²) in [5.41, 5.74) is 1.51. The van der Waals surface area contributed by atoms with Gasteiger partial charge in [-0.2, -0.15) is 0 Å². The molecule has 1 heterocycles. The lowest BCUT2D eigenvalue weighted by molar-refractivity contribution is -0.384. The summed E-state index contributed by atoms with van der Waals surface area (Å²) in [5, 5.41) is 20.0. The molecule has 0 unspecified atom stereocenters. The van der Waals surface area contributed by atoms with Gasteiger partial charge in [0.05, 0.1) is 4.92 Å². The van der Waals surface area contributed by atoms with E-state index in [0.717, 1.165) is 0 Å². The number of hydrogen-bond acceptors (Lipinski definition) is 4. The van der Waals surface area contributed by atoms with Gasteiger partial charge < -0.3 is 10.1 Å². The van der Waals surface area contributed by atoms with Crippen molar-refractivity contribution < 1.29 is 14.8 Å². The molecule has 0 bridgehead atoms. The number of H-pyrrole nitrogens is 1. The summed E-state index contributed by atoms with van der Waals surface area (Å²) in [6.45, 7) is 0. The topological polar surface area (TPSA) is 109 Å². The van der Waals surface area contributed by atoms with Crippen LogP contribution in [0.3, 0.4) is 0 Å². The molecule has 0 aliphatic heterocycles. The van der Waals surface area contributed by atoms with Crippen molar-refractivity contribution in [3.8, 4) is 22.6 Å². The maximum atomic E-state index is 11.4. The second-order valence-electron chi connectivity index (χ2n) is 4.78. The summed E-state index contributed by atoms with van der Waals surface area (Å²) >= 11 is 0. The number of aromatic amines is 1. The van der Waals surface area contributed by atoms with Gasteiger partial charge in [0.25, 0.3) is 5.69 Å². The molecule has 7 heteroatoms. The molecule has 2 aromatic carbocycles. The molecule has 0 spiro atoms. The van der Waals surface area contributed by atoms with E-state index in [-0.39, 0.29) is 11.4 Å². The second-order valence-corrected chi connectivity index (χ2v) is 4.78. The lowest BCUT2D eigenvalue weighted by Crippen LogP contribution is -1.99. The first-order valence-corrected chi connectivity index (χ1v) is 6.70. The number of carbonyl (C=O) groups is 1. The predicted octanol–water partition coefficient (Wildman–Crippen LogP) is 3.35. The molecule has 0 fully saturated rings. The minimum atomic E-state index is -1.12. The summed E-state index contributed by atoms with van der Waals surface area (Å²) in [6.07, 6.45) is 0. The Bertz CT molecular complexity index is 870. The standard InChI is InChI=1S/C16H11N3O4/c20-16(21)14-13(10-4-2-1-3-5-10)17-15(18-14)11-6-8-12(9-7-11)19(22)23/h1-9H,(H,17,18)(H,20,21). The molecule has 23 heavy (non-hydrogen) atoms. The van der Waals surface area contributed by atoms with Crippen LogP contribution in [0.4, 0.5) is 5.69 Å². The van der Waals surface area contributed by atoms with Gasteiger partial charge in [-0.15, -0.1) is 0 Å². The number of aromatic nitrogens is 2. The molecular weight excluding hydrogens is 298 g/mol. The smallest absolute Gasteiger partial charge is 0.354 e. The number of carboxylic acids is 1. The number of imidazole rings is 1. The minimum Gasteiger partial charge on any atom is -0.477 e. The zero-order valence-corrected chi connectivity index (χ0v) is 11.8. The summed E-state index contributed by atoms with van der Waals surface area (Å²) in [5.74, 6) is -0.777. The van der Waals surface area contributed by atoms with E-state index in [9.17, 15) is 20.0 Å². The van der Waals surface area contributed by atoms with Crippen molar-refractivity contribution in [3.63, 3.8) is 0 Å². The van der Waals surface area contributed by atoms with Gasteiger partial charge in [0, 0.05) is 23.3 Å². The van der Waals surface area contributed by atoms with E-state index < -0.39 is 10.9 Å².